The predicted octanol–water partition coefficient (Wildman–Crippen LogP) is 0.762. The van der Waals surface area contributed by atoms with E-state index < -0.39 is 0 Å². The summed E-state index contributed by atoms with van der Waals surface area (Å²) in [5.41, 5.74) is 6.25. The molecule has 3 aliphatic rings. The molecule has 4 nitrogen and oxygen atoms in total. The molecule has 1 spiro atoms. The summed E-state index contributed by atoms with van der Waals surface area (Å²) >= 11 is 0. The van der Waals surface area contributed by atoms with E-state index in [0.717, 1.165) is 45.2 Å². The van der Waals surface area contributed by atoms with Crippen molar-refractivity contribution >= 4 is 5.91 Å². The first-order valence-corrected chi connectivity index (χ1v) is 7.46. The second kappa shape index (κ2) is 4.82. The van der Waals surface area contributed by atoms with Gasteiger partial charge in [-0.3, -0.25) is 4.79 Å². The molecule has 3 fully saturated rings. The Labute approximate surface area is 109 Å². The molecule has 1 heterocycles. The highest BCUT2D eigenvalue weighted by atomic mass is 16.2. The Kier molecular flexibility index (Phi) is 3.32. The summed E-state index contributed by atoms with van der Waals surface area (Å²) in [5.74, 6) is 0.618. The van der Waals surface area contributed by atoms with Crippen LogP contribution in [0.5, 0.6) is 0 Å². The molecular formula is C14H25N3O. The number of rotatable bonds is 2. The van der Waals surface area contributed by atoms with Crippen molar-refractivity contribution in [1.29, 1.82) is 0 Å². The van der Waals surface area contributed by atoms with Gasteiger partial charge in [0.05, 0.1) is 0 Å². The molecule has 1 atom stereocenters. The van der Waals surface area contributed by atoms with E-state index in [-0.39, 0.29) is 0 Å². The smallest absolute Gasteiger partial charge is 0.223 e. The van der Waals surface area contributed by atoms with E-state index in [1.807, 2.05) is 0 Å². The number of hydrogen-bond donors (Lipinski definition) is 3. The highest BCUT2D eigenvalue weighted by molar-refractivity contribution is 5.82. The SMILES string of the molecule is NC1CCC(NC(=O)C2CC23CCNCC3)CC1. The van der Waals surface area contributed by atoms with Crippen LogP contribution in [-0.2, 0) is 4.79 Å². The standard InChI is InChI=1S/C14H25N3O/c15-10-1-3-11(4-2-10)17-13(18)12-9-14(12)5-7-16-8-6-14/h10-12,16H,1-9,15H2,(H,17,18). The highest BCUT2D eigenvalue weighted by Gasteiger charge is 2.57. The molecule has 18 heavy (non-hydrogen) atoms. The summed E-state index contributed by atoms with van der Waals surface area (Å²) in [6.07, 6.45) is 7.73. The molecule has 0 aromatic carbocycles. The molecule has 1 saturated heterocycles. The molecule has 1 aliphatic heterocycles. The first-order chi connectivity index (χ1) is 8.70. The normalized spacial score (nSPS) is 38.4. The minimum absolute atomic E-state index is 0.301. The molecule has 102 valence electrons. The van der Waals surface area contributed by atoms with Crippen LogP contribution in [0, 0.1) is 11.3 Å². The van der Waals surface area contributed by atoms with E-state index >= 15 is 0 Å². The van der Waals surface area contributed by atoms with E-state index in [9.17, 15) is 4.79 Å². The lowest BCUT2D eigenvalue weighted by atomic mass is 9.90. The van der Waals surface area contributed by atoms with Crippen LogP contribution in [0.15, 0.2) is 0 Å². The van der Waals surface area contributed by atoms with Gasteiger partial charge < -0.3 is 16.4 Å². The Balaban J connectivity index is 1.48. The number of nitrogens with one attached hydrogen (secondary N) is 2. The Morgan fingerprint density at radius 2 is 1.83 bits per heavy atom. The summed E-state index contributed by atoms with van der Waals surface area (Å²) in [4.78, 5) is 12.3. The molecule has 1 amide bonds. The van der Waals surface area contributed by atoms with E-state index in [1.165, 1.54) is 12.8 Å². The zero-order valence-electron chi connectivity index (χ0n) is 11.1. The van der Waals surface area contributed by atoms with Gasteiger partial charge in [-0.2, -0.15) is 0 Å². The Hall–Kier alpha value is -0.610. The molecule has 0 aromatic heterocycles. The fourth-order valence-electron chi connectivity index (χ4n) is 3.76. The lowest BCUT2D eigenvalue weighted by Crippen LogP contribution is -2.42. The molecular weight excluding hydrogens is 226 g/mol. The van der Waals surface area contributed by atoms with Gasteiger partial charge in [-0.1, -0.05) is 0 Å². The Morgan fingerprint density at radius 1 is 1.17 bits per heavy atom. The van der Waals surface area contributed by atoms with Gasteiger partial charge in [0.25, 0.3) is 0 Å². The van der Waals surface area contributed by atoms with Gasteiger partial charge in [0.2, 0.25) is 5.91 Å². The summed E-state index contributed by atoms with van der Waals surface area (Å²) < 4.78 is 0. The van der Waals surface area contributed by atoms with E-state index in [1.54, 1.807) is 0 Å². The first kappa shape index (κ1) is 12.4. The van der Waals surface area contributed by atoms with Crippen molar-refractivity contribution < 1.29 is 4.79 Å². The van der Waals surface area contributed by atoms with Crippen molar-refractivity contribution in [2.75, 3.05) is 13.1 Å². The van der Waals surface area contributed by atoms with Gasteiger partial charge in [-0.05, 0) is 63.5 Å². The van der Waals surface area contributed by atoms with Crippen LogP contribution in [0.2, 0.25) is 0 Å². The summed E-state index contributed by atoms with van der Waals surface area (Å²) in [7, 11) is 0. The van der Waals surface area contributed by atoms with Gasteiger partial charge in [-0.25, -0.2) is 0 Å². The van der Waals surface area contributed by atoms with Crippen LogP contribution in [0.25, 0.3) is 0 Å². The summed E-state index contributed by atoms with van der Waals surface area (Å²) in [5, 5.41) is 6.64. The predicted molar refractivity (Wildman–Crippen MR) is 71.0 cm³/mol. The van der Waals surface area contributed by atoms with Crippen molar-refractivity contribution in [3.8, 4) is 0 Å². The third-order valence-electron chi connectivity index (χ3n) is 5.22. The second-order valence-corrected chi connectivity index (χ2v) is 6.49. The molecule has 2 aliphatic carbocycles. The topological polar surface area (TPSA) is 67.1 Å². The van der Waals surface area contributed by atoms with Gasteiger partial charge in [0.1, 0.15) is 0 Å². The highest BCUT2D eigenvalue weighted by Crippen LogP contribution is 2.58. The van der Waals surface area contributed by atoms with Gasteiger partial charge >= 0.3 is 0 Å². The fraction of sp³-hybridized carbons (Fsp3) is 0.929. The molecule has 1 unspecified atom stereocenters. The van der Waals surface area contributed by atoms with E-state index in [0.29, 0.717) is 29.3 Å². The van der Waals surface area contributed by atoms with Gasteiger partial charge in [0.15, 0.2) is 0 Å². The van der Waals surface area contributed by atoms with Crippen molar-refractivity contribution in [2.24, 2.45) is 17.1 Å². The Bertz CT molecular complexity index is 317. The molecule has 0 aromatic rings. The zero-order chi connectivity index (χ0) is 12.6. The molecule has 0 bridgehead atoms. The average Bonchev–Trinajstić information content (AvgIpc) is 3.07. The number of piperidine rings is 1. The van der Waals surface area contributed by atoms with Crippen LogP contribution >= 0.6 is 0 Å². The minimum Gasteiger partial charge on any atom is -0.353 e. The third-order valence-corrected chi connectivity index (χ3v) is 5.22. The number of carbonyl (C=O) groups is 1. The van der Waals surface area contributed by atoms with Crippen molar-refractivity contribution in [3.05, 3.63) is 0 Å². The van der Waals surface area contributed by atoms with Crippen LogP contribution in [-0.4, -0.2) is 31.1 Å². The van der Waals surface area contributed by atoms with Crippen LogP contribution in [0.4, 0.5) is 0 Å². The van der Waals surface area contributed by atoms with Gasteiger partial charge in [-0.15, -0.1) is 0 Å². The third kappa shape index (κ3) is 2.41. The molecule has 2 saturated carbocycles. The quantitative estimate of drug-likeness (QED) is 0.679. The fourth-order valence-corrected chi connectivity index (χ4v) is 3.76. The van der Waals surface area contributed by atoms with Crippen LogP contribution in [0.1, 0.15) is 44.9 Å². The van der Waals surface area contributed by atoms with Crippen LogP contribution in [0.3, 0.4) is 0 Å². The number of carbonyl (C=O) groups excluding carboxylic acids is 1. The van der Waals surface area contributed by atoms with Crippen LogP contribution < -0.4 is 16.4 Å². The number of nitrogens with two attached hydrogens (primary N) is 1. The molecule has 4 heteroatoms. The Morgan fingerprint density at radius 3 is 2.50 bits per heavy atom. The largest absolute Gasteiger partial charge is 0.353 e. The number of hydrogen-bond acceptors (Lipinski definition) is 3. The van der Waals surface area contributed by atoms with E-state index in [2.05, 4.69) is 10.6 Å². The average molecular weight is 251 g/mol. The molecule has 4 N–H and O–H groups in total. The van der Waals surface area contributed by atoms with Gasteiger partial charge in [0, 0.05) is 18.0 Å². The lowest BCUT2D eigenvalue weighted by molar-refractivity contribution is -0.124. The van der Waals surface area contributed by atoms with Crippen molar-refractivity contribution in [3.63, 3.8) is 0 Å². The monoisotopic (exact) mass is 251 g/mol. The molecule has 0 radical (unpaired) electrons. The molecule has 3 rings (SSSR count). The lowest BCUT2D eigenvalue weighted by Gasteiger charge is -2.28. The minimum atomic E-state index is 0.301. The van der Waals surface area contributed by atoms with Crippen molar-refractivity contribution in [1.82, 2.24) is 10.6 Å². The maximum absolute atomic E-state index is 12.3. The van der Waals surface area contributed by atoms with E-state index in [4.69, 9.17) is 5.73 Å². The maximum Gasteiger partial charge on any atom is 0.223 e. The summed E-state index contributed by atoms with van der Waals surface area (Å²) in [6.45, 7) is 2.17. The van der Waals surface area contributed by atoms with Crippen molar-refractivity contribution in [2.45, 2.75) is 57.0 Å². The maximum atomic E-state index is 12.3. The zero-order valence-corrected chi connectivity index (χ0v) is 11.1. The summed E-state index contributed by atoms with van der Waals surface area (Å²) in [6, 6.07) is 0.742. The second-order valence-electron chi connectivity index (χ2n) is 6.49. The first-order valence-electron chi connectivity index (χ1n) is 7.46. The number of amides is 1.